The van der Waals surface area contributed by atoms with Crippen molar-refractivity contribution in [2.24, 2.45) is 0 Å². The van der Waals surface area contributed by atoms with Gasteiger partial charge in [-0.1, -0.05) is 51.1 Å². The molecule has 6 heteroatoms. The summed E-state index contributed by atoms with van der Waals surface area (Å²) < 4.78 is 14.6. The summed E-state index contributed by atoms with van der Waals surface area (Å²) in [6.07, 6.45) is 3.56. The molecular weight excluding hydrogens is 532 g/mol. The molecule has 0 bridgehead atoms. The molecule has 0 N–H and O–H groups in total. The van der Waals surface area contributed by atoms with Crippen molar-refractivity contribution < 1.29 is 9.15 Å². The lowest BCUT2D eigenvalue weighted by atomic mass is 9.86. The Labute approximate surface area is 250 Å². The number of pyridine rings is 1. The van der Waals surface area contributed by atoms with Gasteiger partial charge in [-0.3, -0.25) is 4.57 Å². The third kappa shape index (κ3) is 4.21. The van der Waals surface area contributed by atoms with E-state index in [0.29, 0.717) is 0 Å². The SMILES string of the molecule is CN1CN(c2cc(Oc3ccc4c5ccccc5n(-c5cc6occc6cn5)c4c3)cc(C(C)(C)C)c2)c2ccccc21. The van der Waals surface area contributed by atoms with E-state index in [4.69, 9.17) is 14.1 Å². The largest absolute Gasteiger partial charge is 0.464 e. The van der Waals surface area contributed by atoms with Crippen molar-refractivity contribution >= 4 is 49.8 Å². The minimum Gasteiger partial charge on any atom is -0.464 e. The Morgan fingerprint density at radius 3 is 2.42 bits per heavy atom. The number of ether oxygens (including phenoxy) is 1. The van der Waals surface area contributed by atoms with E-state index in [9.17, 15) is 0 Å². The molecule has 0 atom stereocenters. The zero-order valence-corrected chi connectivity index (χ0v) is 24.7. The zero-order valence-electron chi connectivity index (χ0n) is 24.7. The number of aromatic nitrogens is 2. The maximum Gasteiger partial charge on any atom is 0.141 e. The third-order valence-corrected chi connectivity index (χ3v) is 8.44. The number of hydrogen-bond acceptors (Lipinski definition) is 5. The molecule has 43 heavy (non-hydrogen) atoms. The lowest BCUT2D eigenvalue weighted by molar-refractivity contribution is 0.479. The molecular formula is C37H32N4O2. The first-order valence-electron chi connectivity index (χ1n) is 14.6. The van der Waals surface area contributed by atoms with Gasteiger partial charge in [-0.15, -0.1) is 0 Å². The van der Waals surface area contributed by atoms with E-state index in [2.05, 4.69) is 127 Å². The first-order valence-corrected chi connectivity index (χ1v) is 14.6. The van der Waals surface area contributed by atoms with Gasteiger partial charge in [0.2, 0.25) is 0 Å². The molecule has 212 valence electrons. The molecule has 0 spiro atoms. The molecule has 0 amide bonds. The molecule has 0 radical (unpaired) electrons. The Morgan fingerprint density at radius 1 is 0.767 bits per heavy atom. The number of hydrogen-bond donors (Lipinski definition) is 0. The van der Waals surface area contributed by atoms with Gasteiger partial charge in [0.05, 0.1) is 35.3 Å². The van der Waals surface area contributed by atoms with Gasteiger partial charge in [0.1, 0.15) is 22.9 Å². The number of furan rings is 1. The standard InChI is InChI=1S/C37H32N4O2/c1-37(2,3)25-17-26(40-23-39(4)32-11-7-8-12-33(32)40)19-28(18-25)43-27-13-14-30-29-9-5-6-10-31(29)41(34(30)20-27)36-21-35-24(22-38-36)15-16-42-35/h5-22H,23H2,1-4H3. The maximum atomic E-state index is 6.69. The highest BCUT2D eigenvalue weighted by molar-refractivity contribution is 6.09. The second kappa shape index (κ2) is 9.39. The van der Waals surface area contributed by atoms with Gasteiger partial charge >= 0.3 is 0 Å². The molecule has 0 saturated heterocycles. The average Bonchev–Trinajstić information content (AvgIpc) is 3.70. The van der Waals surface area contributed by atoms with Crippen LogP contribution in [0.5, 0.6) is 11.5 Å². The predicted molar refractivity (Wildman–Crippen MR) is 175 cm³/mol. The quantitative estimate of drug-likeness (QED) is 0.213. The summed E-state index contributed by atoms with van der Waals surface area (Å²) in [5.41, 5.74) is 7.64. The number of para-hydroxylation sites is 3. The van der Waals surface area contributed by atoms with Crippen molar-refractivity contribution in [1.29, 1.82) is 0 Å². The van der Waals surface area contributed by atoms with Crippen molar-refractivity contribution in [3.8, 4) is 17.3 Å². The molecule has 8 rings (SSSR count). The Bertz CT molecular complexity index is 2170. The normalized spacial score (nSPS) is 13.4. The number of anilines is 3. The number of benzene rings is 4. The highest BCUT2D eigenvalue weighted by atomic mass is 16.5. The van der Waals surface area contributed by atoms with Crippen LogP contribution < -0.4 is 14.5 Å². The van der Waals surface area contributed by atoms with Crippen molar-refractivity contribution in [3.05, 3.63) is 115 Å². The fourth-order valence-corrected chi connectivity index (χ4v) is 6.20. The second-order valence-electron chi connectivity index (χ2n) is 12.4. The molecule has 0 aliphatic carbocycles. The van der Waals surface area contributed by atoms with Gasteiger partial charge in [0.25, 0.3) is 0 Å². The van der Waals surface area contributed by atoms with Crippen LogP contribution in [0.15, 0.2) is 114 Å². The monoisotopic (exact) mass is 564 g/mol. The van der Waals surface area contributed by atoms with Gasteiger partial charge in [-0.2, -0.15) is 0 Å². The van der Waals surface area contributed by atoms with Gasteiger partial charge in [0, 0.05) is 53.3 Å². The maximum absolute atomic E-state index is 6.69. The number of fused-ring (bicyclic) bond motifs is 5. The highest BCUT2D eigenvalue weighted by Crippen LogP contribution is 2.43. The summed E-state index contributed by atoms with van der Waals surface area (Å²) >= 11 is 0. The minimum atomic E-state index is -0.0498. The first-order chi connectivity index (χ1) is 20.8. The van der Waals surface area contributed by atoms with E-state index in [1.165, 1.54) is 22.3 Å². The van der Waals surface area contributed by atoms with E-state index >= 15 is 0 Å². The van der Waals surface area contributed by atoms with Gasteiger partial charge in [0.15, 0.2) is 0 Å². The molecule has 6 nitrogen and oxygen atoms in total. The van der Waals surface area contributed by atoms with Crippen molar-refractivity contribution in [1.82, 2.24) is 9.55 Å². The predicted octanol–water partition coefficient (Wildman–Crippen LogP) is 9.56. The second-order valence-corrected chi connectivity index (χ2v) is 12.4. The summed E-state index contributed by atoms with van der Waals surface area (Å²) in [5.74, 6) is 2.39. The van der Waals surface area contributed by atoms with Crippen LogP contribution in [0.25, 0.3) is 38.6 Å². The smallest absolute Gasteiger partial charge is 0.141 e. The molecule has 1 aliphatic heterocycles. The summed E-state index contributed by atoms with van der Waals surface area (Å²) in [6, 6.07) is 33.8. The Kier molecular flexibility index (Phi) is 5.57. The van der Waals surface area contributed by atoms with Gasteiger partial charge < -0.3 is 19.0 Å². The molecule has 0 fully saturated rings. The number of rotatable bonds is 4. The van der Waals surface area contributed by atoms with E-state index in [0.717, 1.165) is 57.1 Å². The Hall–Kier alpha value is -5.23. The molecule has 4 aromatic carbocycles. The third-order valence-electron chi connectivity index (χ3n) is 8.44. The molecule has 7 aromatic rings. The van der Waals surface area contributed by atoms with Crippen LogP contribution in [0.1, 0.15) is 26.3 Å². The lowest BCUT2D eigenvalue weighted by Crippen LogP contribution is -2.24. The van der Waals surface area contributed by atoms with E-state index in [1.54, 1.807) is 6.26 Å². The fourth-order valence-electron chi connectivity index (χ4n) is 6.20. The van der Waals surface area contributed by atoms with E-state index in [1.807, 2.05) is 18.3 Å². The van der Waals surface area contributed by atoms with Crippen LogP contribution in [0.2, 0.25) is 0 Å². The minimum absolute atomic E-state index is 0.0498. The fraction of sp³-hybridized carbons (Fsp3) is 0.162. The van der Waals surface area contributed by atoms with E-state index in [-0.39, 0.29) is 5.41 Å². The topological polar surface area (TPSA) is 46.7 Å². The molecule has 4 heterocycles. The zero-order chi connectivity index (χ0) is 29.3. The van der Waals surface area contributed by atoms with Crippen molar-refractivity contribution in [2.45, 2.75) is 26.2 Å². The van der Waals surface area contributed by atoms with Gasteiger partial charge in [-0.25, -0.2) is 4.98 Å². The average molecular weight is 565 g/mol. The summed E-state index contributed by atoms with van der Waals surface area (Å²) in [7, 11) is 2.14. The van der Waals surface area contributed by atoms with Crippen LogP contribution in [0.4, 0.5) is 17.1 Å². The van der Waals surface area contributed by atoms with Crippen LogP contribution >= 0.6 is 0 Å². The highest BCUT2D eigenvalue weighted by Gasteiger charge is 2.26. The summed E-state index contributed by atoms with van der Waals surface area (Å²) in [6.45, 7) is 7.51. The lowest BCUT2D eigenvalue weighted by Gasteiger charge is -2.25. The van der Waals surface area contributed by atoms with Crippen molar-refractivity contribution in [3.63, 3.8) is 0 Å². The van der Waals surface area contributed by atoms with Crippen molar-refractivity contribution in [2.75, 3.05) is 23.5 Å². The van der Waals surface area contributed by atoms with Crippen LogP contribution in [0.3, 0.4) is 0 Å². The Balaban J connectivity index is 1.25. The van der Waals surface area contributed by atoms with E-state index < -0.39 is 0 Å². The van der Waals surface area contributed by atoms with Gasteiger partial charge in [-0.05, 0) is 59.5 Å². The molecule has 3 aromatic heterocycles. The molecule has 1 aliphatic rings. The molecule has 0 unspecified atom stereocenters. The first kappa shape index (κ1) is 25.5. The summed E-state index contributed by atoms with van der Waals surface area (Å²) in [5, 5.41) is 3.29. The van der Waals surface area contributed by atoms with Crippen LogP contribution in [-0.2, 0) is 5.41 Å². The summed E-state index contributed by atoms with van der Waals surface area (Å²) in [4.78, 5) is 9.44. The Morgan fingerprint density at radius 2 is 1.56 bits per heavy atom. The van der Waals surface area contributed by atoms with Crippen LogP contribution in [0, 0.1) is 0 Å². The number of nitrogens with zero attached hydrogens (tertiary/aromatic N) is 4. The molecule has 0 saturated carbocycles. The van der Waals surface area contributed by atoms with Crippen LogP contribution in [-0.4, -0.2) is 23.3 Å².